The van der Waals surface area contributed by atoms with Crippen molar-refractivity contribution in [3.63, 3.8) is 0 Å². The van der Waals surface area contributed by atoms with E-state index in [9.17, 15) is 15.3 Å². The molecule has 0 unspecified atom stereocenters. The lowest BCUT2D eigenvalue weighted by Crippen LogP contribution is -2.40. The summed E-state index contributed by atoms with van der Waals surface area (Å²) in [6, 6.07) is 6.11. The van der Waals surface area contributed by atoms with Gasteiger partial charge in [-0.3, -0.25) is 0 Å². The molecule has 0 heterocycles. The lowest BCUT2D eigenvalue weighted by atomic mass is 9.92. The summed E-state index contributed by atoms with van der Waals surface area (Å²) in [6.07, 6.45) is 0. The monoisotopic (exact) mass is 296 g/mol. The lowest BCUT2D eigenvalue weighted by molar-refractivity contribution is -0.0261. The van der Waals surface area contributed by atoms with Crippen LogP contribution >= 0.6 is 0 Å². The van der Waals surface area contributed by atoms with Crippen molar-refractivity contribution in [2.45, 2.75) is 39.5 Å². The van der Waals surface area contributed by atoms with E-state index in [0.717, 1.165) is 11.3 Å². The van der Waals surface area contributed by atoms with Crippen LogP contribution < -0.4 is 4.74 Å². The number of aliphatic hydroxyl groups is 3. The van der Waals surface area contributed by atoms with Gasteiger partial charge in [0.15, 0.2) is 0 Å². The summed E-state index contributed by atoms with van der Waals surface area (Å²) in [5, 5.41) is 28.0. The molecule has 3 N–H and O–H groups in total. The molecule has 0 bridgehead atoms. The molecule has 0 aliphatic carbocycles. The van der Waals surface area contributed by atoms with Gasteiger partial charge in [0.2, 0.25) is 0 Å². The van der Waals surface area contributed by atoms with E-state index in [1.165, 1.54) is 5.56 Å². The standard InChI is InChI=1S/C17H28O4/c1-12(2)14-5-6-16(15(7-14)13(3)4)21-11-17(8-18,9-19)10-20/h5-7,12-13,18-20H,8-11H2,1-4H3. The minimum Gasteiger partial charge on any atom is -0.492 e. The third-order valence-electron chi connectivity index (χ3n) is 3.86. The highest BCUT2D eigenvalue weighted by Crippen LogP contribution is 2.31. The van der Waals surface area contributed by atoms with Gasteiger partial charge in [0.05, 0.1) is 25.2 Å². The zero-order chi connectivity index (χ0) is 16.0. The molecule has 120 valence electrons. The van der Waals surface area contributed by atoms with Gasteiger partial charge in [-0.15, -0.1) is 0 Å². The molecule has 4 nitrogen and oxygen atoms in total. The maximum Gasteiger partial charge on any atom is 0.122 e. The van der Waals surface area contributed by atoms with Crippen LogP contribution in [0.1, 0.15) is 50.7 Å². The van der Waals surface area contributed by atoms with E-state index in [1.807, 2.05) is 12.1 Å². The van der Waals surface area contributed by atoms with E-state index >= 15 is 0 Å². The van der Waals surface area contributed by atoms with Crippen LogP contribution in [0.15, 0.2) is 18.2 Å². The van der Waals surface area contributed by atoms with E-state index in [2.05, 4.69) is 33.8 Å². The molecular weight excluding hydrogens is 268 g/mol. The molecule has 0 aliphatic rings. The van der Waals surface area contributed by atoms with Gasteiger partial charge in [-0.25, -0.2) is 0 Å². The van der Waals surface area contributed by atoms with E-state index in [0.29, 0.717) is 11.8 Å². The molecule has 0 spiro atoms. The Morgan fingerprint density at radius 1 is 0.952 bits per heavy atom. The summed E-state index contributed by atoms with van der Waals surface area (Å²) in [6.45, 7) is 7.62. The van der Waals surface area contributed by atoms with Crippen LogP contribution in [0.2, 0.25) is 0 Å². The third-order valence-corrected chi connectivity index (χ3v) is 3.86. The van der Waals surface area contributed by atoms with E-state index < -0.39 is 5.41 Å². The van der Waals surface area contributed by atoms with Gasteiger partial charge < -0.3 is 20.1 Å². The molecule has 1 aromatic carbocycles. The zero-order valence-electron chi connectivity index (χ0n) is 13.5. The number of hydrogen-bond acceptors (Lipinski definition) is 4. The second-order valence-electron chi connectivity index (χ2n) is 6.37. The molecular formula is C17H28O4. The largest absolute Gasteiger partial charge is 0.492 e. The van der Waals surface area contributed by atoms with Crippen LogP contribution in [0.25, 0.3) is 0 Å². The van der Waals surface area contributed by atoms with Gasteiger partial charge in [-0.1, -0.05) is 39.8 Å². The maximum atomic E-state index is 9.35. The Morgan fingerprint density at radius 2 is 1.52 bits per heavy atom. The normalized spacial score (nSPS) is 12.2. The van der Waals surface area contributed by atoms with Crippen LogP contribution in [0.3, 0.4) is 0 Å². The number of ether oxygens (including phenoxy) is 1. The van der Waals surface area contributed by atoms with Crippen LogP contribution in [-0.2, 0) is 0 Å². The lowest BCUT2D eigenvalue weighted by Gasteiger charge is -2.28. The Bertz CT molecular complexity index is 428. The minimum atomic E-state index is -1.01. The number of rotatable bonds is 8. The fraction of sp³-hybridized carbons (Fsp3) is 0.647. The molecule has 0 atom stereocenters. The third kappa shape index (κ3) is 4.43. The van der Waals surface area contributed by atoms with Crippen molar-refractivity contribution in [1.29, 1.82) is 0 Å². The van der Waals surface area contributed by atoms with E-state index in [1.54, 1.807) is 0 Å². The summed E-state index contributed by atoms with van der Waals surface area (Å²) in [7, 11) is 0. The molecule has 0 fully saturated rings. The van der Waals surface area contributed by atoms with Crippen LogP contribution in [-0.4, -0.2) is 41.7 Å². The predicted octanol–water partition coefficient (Wildman–Crippen LogP) is 2.28. The fourth-order valence-electron chi connectivity index (χ4n) is 2.03. The molecule has 1 aromatic rings. The van der Waals surface area contributed by atoms with Crippen LogP contribution in [0.4, 0.5) is 0 Å². The van der Waals surface area contributed by atoms with Crippen molar-refractivity contribution in [1.82, 2.24) is 0 Å². The highest BCUT2D eigenvalue weighted by molar-refractivity contribution is 5.40. The highest BCUT2D eigenvalue weighted by atomic mass is 16.5. The van der Waals surface area contributed by atoms with E-state index in [-0.39, 0.29) is 26.4 Å². The quantitative estimate of drug-likeness (QED) is 0.688. The minimum absolute atomic E-state index is 0.0806. The summed E-state index contributed by atoms with van der Waals surface area (Å²) >= 11 is 0. The van der Waals surface area contributed by atoms with Crippen LogP contribution in [0.5, 0.6) is 5.75 Å². The summed E-state index contributed by atoms with van der Waals surface area (Å²) in [5.74, 6) is 1.50. The Kier molecular flexibility index (Phi) is 6.65. The number of benzene rings is 1. The van der Waals surface area contributed by atoms with Gasteiger partial charge in [-0.05, 0) is 29.0 Å². The molecule has 21 heavy (non-hydrogen) atoms. The summed E-state index contributed by atoms with van der Waals surface area (Å²) in [4.78, 5) is 0. The average Bonchev–Trinajstić information content (AvgIpc) is 2.49. The number of hydrogen-bond donors (Lipinski definition) is 3. The predicted molar refractivity (Wildman–Crippen MR) is 83.8 cm³/mol. The Hall–Kier alpha value is -1.10. The smallest absolute Gasteiger partial charge is 0.122 e. The van der Waals surface area contributed by atoms with Crippen molar-refractivity contribution < 1.29 is 20.1 Å². The van der Waals surface area contributed by atoms with E-state index in [4.69, 9.17) is 4.74 Å². The van der Waals surface area contributed by atoms with Gasteiger partial charge in [0, 0.05) is 0 Å². The van der Waals surface area contributed by atoms with Crippen LogP contribution in [0, 0.1) is 5.41 Å². The van der Waals surface area contributed by atoms with Gasteiger partial charge in [-0.2, -0.15) is 0 Å². The zero-order valence-corrected chi connectivity index (χ0v) is 13.5. The van der Waals surface area contributed by atoms with Crippen molar-refractivity contribution in [3.05, 3.63) is 29.3 Å². The SMILES string of the molecule is CC(C)c1ccc(OCC(CO)(CO)CO)c(C(C)C)c1. The Morgan fingerprint density at radius 3 is 1.95 bits per heavy atom. The van der Waals surface area contributed by atoms with Crippen molar-refractivity contribution in [2.75, 3.05) is 26.4 Å². The topological polar surface area (TPSA) is 69.9 Å². The Labute approximate surface area is 127 Å². The molecule has 0 saturated heterocycles. The second-order valence-corrected chi connectivity index (χ2v) is 6.37. The number of aliphatic hydroxyl groups excluding tert-OH is 3. The molecule has 4 heteroatoms. The van der Waals surface area contributed by atoms with Gasteiger partial charge >= 0.3 is 0 Å². The fourth-order valence-corrected chi connectivity index (χ4v) is 2.03. The van der Waals surface area contributed by atoms with Gasteiger partial charge in [0.1, 0.15) is 12.4 Å². The molecule has 1 rings (SSSR count). The maximum absolute atomic E-state index is 9.35. The van der Waals surface area contributed by atoms with Crippen molar-refractivity contribution >= 4 is 0 Å². The molecule has 0 aromatic heterocycles. The highest BCUT2D eigenvalue weighted by Gasteiger charge is 2.29. The van der Waals surface area contributed by atoms with Crippen molar-refractivity contribution in [2.24, 2.45) is 5.41 Å². The average molecular weight is 296 g/mol. The summed E-state index contributed by atoms with van der Waals surface area (Å²) in [5.41, 5.74) is 1.35. The molecule has 0 aliphatic heterocycles. The first-order chi connectivity index (χ1) is 9.89. The first-order valence-corrected chi connectivity index (χ1v) is 7.48. The van der Waals surface area contributed by atoms with Gasteiger partial charge in [0.25, 0.3) is 0 Å². The Balaban J connectivity index is 2.97. The first-order valence-electron chi connectivity index (χ1n) is 7.48. The molecule has 0 radical (unpaired) electrons. The first kappa shape index (κ1) is 18.0. The second kappa shape index (κ2) is 7.78. The van der Waals surface area contributed by atoms with Crippen molar-refractivity contribution in [3.8, 4) is 5.75 Å². The molecule has 0 amide bonds. The molecule has 0 saturated carbocycles. The summed E-state index contributed by atoms with van der Waals surface area (Å²) < 4.78 is 5.79.